The fraction of sp³-hybridized carbons (Fsp3) is 0.500. The highest BCUT2D eigenvalue weighted by Gasteiger charge is 2.29. The lowest BCUT2D eigenvalue weighted by atomic mass is 9.70. The van der Waals surface area contributed by atoms with E-state index in [0.717, 1.165) is 13.0 Å². The monoisotopic (exact) mass is 231 g/mol. The molecule has 1 aliphatic rings. The first-order valence-electron chi connectivity index (χ1n) is 6.30. The van der Waals surface area contributed by atoms with Crippen LogP contribution in [0.25, 0.3) is 0 Å². The number of rotatable bonds is 4. The second-order valence-electron chi connectivity index (χ2n) is 6.18. The third kappa shape index (κ3) is 4.35. The van der Waals surface area contributed by atoms with Gasteiger partial charge in [0.15, 0.2) is 0 Å². The van der Waals surface area contributed by atoms with Crippen molar-refractivity contribution >= 4 is 0 Å². The van der Waals surface area contributed by atoms with Crippen molar-refractivity contribution in [1.29, 1.82) is 0 Å². The zero-order valence-electron chi connectivity index (χ0n) is 11.5. The predicted octanol–water partition coefficient (Wildman–Crippen LogP) is 4.00. The van der Waals surface area contributed by atoms with E-state index >= 15 is 0 Å². The molecule has 1 rings (SSSR count). The van der Waals surface area contributed by atoms with Crippen molar-refractivity contribution in [1.82, 2.24) is 0 Å². The molecule has 0 saturated carbocycles. The standard InChI is InChI=1S/C16H25N/c1-15(2,13-17)12-16(3,4)14-10-8-6-5-7-9-11-14/h5-11H,12-13,17H2,1-4H3/b6-5-,7-5?,8-6?,9-7-,10-8?,11-9?,14-10?,14-11?. The summed E-state index contributed by atoms with van der Waals surface area (Å²) in [4.78, 5) is 0. The molecule has 0 spiro atoms. The zero-order chi connectivity index (χ0) is 12.9. The van der Waals surface area contributed by atoms with Crippen molar-refractivity contribution in [3.05, 3.63) is 48.1 Å². The number of allylic oxidation sites excluding steroid dienone is 8. The molecule has 0 heterocycles. The minimum Gasteiger partial charge on any atom is -0.330 e. The van der Waals surface area contributed by atoms with Gasteiger partial charge < -0.3 is 5.73 Å². The van der Waals surface area contributed by atoms with E-state index in [0.29, 0.717) is 0 Å². The van der Waals surface area contributed by atoms with Crippen molar-refractivity contribution in [2.75, 3.05) is 6.54 Å². The molecule has 1 heteroatoms. The summed E-state index contributed by atoms with van der Waals surface area (Å²) in [5.74, 6) is 0. The normalized spacial score (nSPS) is 20.4. The average Bonchev–Trinajstić information content (AvgIpc) is 2.14. The van der Waals surface area contributed by atoms with Crippen molar-refractivity contribution in [3.63, 3.8) is 0 Å². The summed E-state index contributed by atoms with van der Waals surface area (Å²) in [6.07, 6.45) is 15.9. The topological polar surface area (TPSA) is 26.0 Å². The van der Waals surface area contributed by atoms with E-state index in [2.05, 4.69) is 64.2 Å². The van der Waals surface area contributed by atoms with Gasteiger partial charge in [0.25, 0.3) is 0 Å². The van der Waals surface area contributed by atoms with Gasteiger partial charge in [-0.1, -0.05) is 70.2 Å². The van der Waals surface area contributed by atoms with E-state index in [-0.39, 0.29) is 10.8 Å². The molecule has 0 aromatic carbocycles. The SMILES string of the molecule is CC(C)(CN)CC(C)(C)C1=C/C=C\C=C/C=C1. The quantitative estimate of drug-likeness (QED) is 0.777. The highest BCUT2D eigenvalue weighted by molar-refractivity contribution is 5.34. The van der Waals surface area contributed by atoms with E-state index in [1.807, 2.05) is 6.08 Å². The van der Waals surface area contributed by atoms with Gasteiger partial charge in [0.1, 0.15) is 0 Å². The molecule has 0 fully saturated rings. The first-order chi connectivity index (χ1) is 7.87. The Morgan fingerprint density at radius 3 is 2.18 bits per heavy atom. The molecular formula is C16H25N. The van der Waals surface area contributed by atoms with Crippen LogP contribution < -0.4 is 5.73 Å². The lowest BCUT2D eigenvalue weighted by molar-refractivity contribution is 0.238. The minimum absolute atomic E-state index is 0.148. The average molecular weight is 231 g/mol. The van der Waals surface area contributed by atoms with Gasteiger partial charge >= 0.3 is 0 Å². The van der Waals surface area contributed by atoms with Crippen molar-refractivity contribution in [2.45, 2.75) is 34.1 Å². The summed E-state index contributed by atoms with van der Waals surface area (Å²) >= 11 is 0. The van der Waals surface area contributed by atoms with Gasteiger partial charge in [-0.05, 0) is 29.4 Å². The molecule has 0 bridgehead atoms. The largest absolute Gasteiger partial charge is 0.330 e. The summed E-state index contributed by atoms with van der Waals surface area (Å²) in [7, 11) is 0. The van der Waals surface area contributed by atoms with E-state index in [1.165, 1.54) is 5.57 Å². The van der Waals surface area contributed by atoms with Crippen molar-refractivity contribution < 1.29 is 0 Å². The van der Waals surface area contributed by atoms with Crippen molar-refractivity contribution in [3.8, 4) is 0 Å². The molecule has 17 heavy (non-hydrogen) atoms. The second-order valence-corrected chi connectivity index (χ2v) is 6.18. The molecular weight excluding hydrogens is 206 g/mol. The molecule has 0 aliphatic heterocycles. The van der Waals surface area contributed by atoms with E-state index in [1.54, 1.807) is 0 Å². The third-order valence-corrected chi connectivity index (χ3v) is 3.25. The number of hydrogen-bond acceptors (Lipinski definition) is 1. The Hall–Kier alpha value is -1.08. The van der Waals surface area contributed by atoms with E-state index < -0.39 is 0 Å². The smallest absolute Gasteiger partial charge is 0.00255 e. The highest BCUT2D eigenvalue weighted by atomic mass is 14.6. The van der Waals surface area contributed by atoms with Crippen LogP contribution in [-0.4, -0.2) is 6.54 Å². The van der Waals surface area contributed by atoms with Crippen LogP contribution in [0, 0.1) is 10.8 Å². The molecule has 1 aliphatic carbocycles. The molecule has 0 aromatic heterocycles. The van der Waals surface area contributed by atoms with E-state index in [4.69, 9.17) is 5.73 Å². The molecule has 94 valence electrons. The maximum Gasteiger partial charge on any atom is -0.00255 e. The van der Waals surface area contributed by atoms with Crippen LogP contribution in [0.4, 0.5) is 0 Å². The lowest BCUT2D eigenvalue weighted by Crippen LogP contribution is -2.30. The molecule has 0 atom stereocenters. The Balaban J connectivity index is 2.89. The molecule has 0 aromatic rings. The van der Waals surface area contributed by atoms with Crippen LogP contribution in [0.3, 0.4) is 0 Å². The Labute approximate surface area is 106 Å². The maximum absolute atomic E-state index is 5.84. The van der Waals surface area contributed by atoms with E-state index in [9.17, 15) is 0 Å². The summed E-state index contributed by atoms with van der Waals surface area (Å²) in [6, 6.07) is 0. The molecule has 0 unspecified atom stereocenters. The van der Waals surface area contributed by atoms with Crippen LogP contribution in [0.5, 0.6) is 0 Å². The van der Waals surface area contributed by atoms with Crippen molar-refractivity contribution in [2.24, 2.45) is 16.6 Å². The molecule has 0 radical (unpaired) electrons. The lowest BCUT2D eigenvalue weighted by Gasteiger charge is -2.35. The summed E-state index contributed by atoms with van der Waals surface area (Å²) < 4.78 is 0. The predicted molar refractivity (Wildman–Crippen MR) is 76.7 cm³/mol. The van der Waals surface area contributed by atoms with Crippen LogP contribution in [0.1, 0.15) is 34.1 Å². The fourth-order valence-electron chi connectivity index (χ4n) is 2.39. The summed E-state index contributed by atoms with van der Waals surface area (Å²) in [5.41, 5.74) is 7.53. The maximum atomic E-state index is 5.84. The molecule has 2 N–H and O–H groups in total. The van der Waals surface area contributed by atoms with Gasteiger partial charge in [-0.3, -0.25) is 0 Å². The first-order valence-corrected chi connectivity index (χ1v) is 6.30. The Kier molecular flexibility index (Phi) is 4.53. The minimum atomic E-state index is 0.148. The van der Waals surface area contributed by atoms with Gasteiger partial charge in [0.05, 0.1) is 0 Å². The van der Waals surface area contributed by atoms with Crippen LogP contribution >= 0.6 is 0 Å². The Bertz CT molecular complexity index is 365. The Morgan fingerprint density at radius 1 is 0.941 bits per heavy atom. The van der Waals surface area contributed by atoms with Gasteiger partial charge in [-0.2, -0.15) is 0 Å². The van der Waals surface area contributed by atoms with Crippen LogP contribution in [0.15, 0.2) is 48.1 Å². The van der Waals surface area contributed by atoms with Crippen LogP contribution in [0.2, 0.25) is 0 Å². The van der Waals surface area contributed by atoms with Gasteiger partial charge in [0, 0.05) is 0 Å². The molecule has 1 nitrogen and oxygen atoms in total. The van der Waals surface area contributed by atoms with Gasteiger partial charge in [0.2, 0.25) is 0 Å². The van der Waals surface area contributed by atoms with Gasteiger partial charge in [-0.25, -0.2) is 0 Å². The summed E-state index contributed by atoms with van der Waals surface area (Å²) in [6.45, 7) is 9.78. The molecule has 0 saturated heterocycles. The number of nitrogens with two attached hydrogens (primary N) is 1. The zero-order valence-corrected chi connectivity index (χ0v) is 11.5. The second kappa shape index (κ2) is 5.50. The Morgan fingerprint density at radius 2 is 1.53 bits per heavy atom. The number of hydrogen-bond donors (Lipinski definition) is 1. The fourth-order valence-corrected chi connectivity index (χ4v) is 2.39. The molecule has 0 amide bonds. The summed E-state index contributed by atoms with van der Waals surface area (Å²) in [5, 5.41) is 0. The highest BCUT2D eigenvalue weighted by Crippen LogP contribution is 2.39. The third-order valence-electron chi connectivity index (χ3n) is 3.25. The first kappa shape index (κ1) is 14.0. The van der Waals surface area contributed by atoms with Crippen LogP contribution in [-0.2, 0) is 0 Å². The van der Waals surface area contributed by atoms with Gasteiger partial charge in [-0.15, -0.1) is 0 Å².